The van der Waals surface area contributed by atoms with Crippen molar-refractivity contribution in [2.75, 3.05) is 4.90 Å². The zero-order valence-electron chi connectivity index (χ0n) is 28.7. The lowest BCUT2D eigenvalue weighted by molar-refractivity contribution is 0.660. The number of rotatable bonds is 5. The van der Waals surface area contributed by atoms with E-state index >= 15 is 0 Å². The van der Waals surface area contributed by atoms with Gasteiger partial charge >= 0.3 is 0 Å². The van der Waals surface area contributed by atoms with Crippen LogP contribution in [0, 0.1) is 0 Å². The smallest absolute Gasteiger partial charge is 0.0562 e. The minimum absolute atomic E-state index is 0.000672. The molecule has 0 atom stereocenters. The first-order valence-electron chi connectivity index (χ1n) is 17.8. The Morgan fingerprint density at radius 3 is 1.98 bits per heavy atom. The molecule has 0 bridgehead atoms. The molecule has 9 aromatic rings. The van der Waals surface area contributed by atoms with Crippen molar-refractivity contribution in [3.05, 3.63) is 193 Å². The molecular weight excluding hydrogens is 617 g/mol. The van der Waals surface area contributed by atoms with E-state index < -0.39 is 0 Å². The Labute approximate surface area is 298 Å². The van der Waals surface area contributed by atoms with Crippen molar-refractivity contribution in [2.45, 2.75) is 19.3 Å². The van der Waals surface area contributed by atoms with E-state index in [9.17, 15) is 0 Å². The molecule has 242 valence electrons. The van der Waals surface area contributed by atoms with Gasteiger partial charge in [0.05, 0.1) is 16.7 Å². The maximum atomic E-state index is 2.43. The Morgan fingerprint density at radius 2 is 1.12 bits per heavy atom. The Balaban J connectivity index is 1.16. The van der Waals surface area contributed by atoms with E-state index in [1.165, 1.54) is 66.0 Å². The highest BCUT2D eigenvalue weighted by Crippen LogP contribution is 2.50. The van der Waals surface area contributed by atoms with E-state index in [4.69, 9.17) is 0 Å². The Hall–Kier alpha value is -6.38. The number of nitrogens with zero attached hydrogens (tertiary/aromatic N) is 2. The molecule has 0 amide bonds. The molecule has 0 fully saturated rings. The summed E-state index contributed by atoms with van der Waals surface area (Å²) in [5, 5.41) is 4.92. The molecule has 1 aliphatic carbocycles. The predicted molar refractivity (Wildman–Crippen MR) is 216 cm³/mol. The fourth-order valence-electron chi connectivity index (χ4n) is 8.49. The normalized spacial score (nSPS) is 13.1. The average Bonchev–Trinajstić information content (AvgIpc) is 3.64. The van der Waals surface area contributed by atoms with Crippen molar-refractivity contribution in [1.82, 2.24) is 4.57 Å². The molecule has 2 nitrogen and oxygen atoms in total. The van der Waals surface area contributed by atoms with Gasteiger partial charge in [0.2, 0.25) is 0 Å². The average molecular weight is 653 g/mol. The molecule has 51 heavy (non-hydrogen) atoms. The van der Waals surface area contributed by atoms with Gasteiger partial charge in [0.1, 0.15) is 0 Å². The first-order chi connectivity index (χ1) is 25.1. The summed E-state index contributed by atoms with van der Waals surface area (Å²) in [6, 6.07) is 66.6. The third-order valence-corrected chi connectivity index (χ3v) is 11.0. The van der Waals surface area contributed by atoms with Gasteiger partial charge in [-0.05, 0) is 105 Å². The molecule has 8 aromatic carbocycles. The lowest BCUT2D eigenvalue weighted by Crippen LogP contribution is -2.14. The molecule has 0 unspecified atom stereocenters. The van der Waals surface area contributed by atoms with Gasteiger partial charge in [0.15, 0.2) is 0 Å². The minimum Gasteiger partial charge on any atom is -0.310 e. The SMILES string of the molecule is CC1(C)c2ccccc2-c2cc(-c3ccc(N(c4ccc5ccccc5c4)c4cccc5c4c4ccccc4n5-c4ccccc4)cc3)ccc21. The minimum atomic E-state index is -0.000672. The Bertz CT molecular complexity index is 2770. The monoisotopic (exact) mass is 652 g/mol. The van der Waals surface area contributed by atoms with Gasteiger partial charge in [-0.3, -0.25) is 0 Å². The Morgan fingerprint density at radius 1 is 0.451 bits per heavy atom. The van der Waals surface area contributed by atoms with Crippen LogP contribution in [-0.2, 0) is 5.41 Å². The van der Waals surface area contributed by atoms with Crippen molar-refractivity contribution in [3.63, 3.8) is 0 Å². The van der Waals surface area contributed by atoms with E-state index in [2.05, 4.69) is 205 Å². The first kappa shape index (κ1) is 29.5. The lowest BCUT2D eigenvalue weighted by Gasteiger charge is -2.27. The summed E-state index contributed by atoms with van der Waals surface area (Å²) < 4.78 is 2.39. The molecule has 10 rings (SSSR count). The van der Waals surface area contributed by atoms with Gasteiger partial charge in [-0.15, -0.1) is 0 Å². The fourth-order valence-corrected chi connectivity index (χ4v) is 8.49. The van der Waals surface area contributed by atoms with E-state index in [0.29, 0.717) is 0 Å². The van der Waals surface area contributed by atoms with Crippen molar-refractivity contribution < 1.29 is 0 Å². The van der Waals surface area contributed by atoms with Gasteiger partial charge in [-0.25, -0.2) is 0 Å². The maximum Gasteiger partial charge on any atom is 0.0562 e. The summed E-state index contributed by atoms with van der Waals surface area (Å²) in [5.41, 5.74) is 14.9. The second kappa shape index (κ2) is 11.3. The van der Waals surface area contributed by atoms with Crippen LogP contribution in [0.1, 0.15) is 25.0 Å². The molecule has 1 heterocycles. The predicted octanol–water partition coefficient (Wildman–Crippen LogP) is 13.4. The standard InChI is InChI=1S/C49H36N2/c1-49(2)43-19-10-8-17-40(43)42-32-36(26-30-44(42)49)34-23-27-38(28-24-34)50(39-29-25-33-13-6-7-14-35(33)31-39)46-21-12-22-47-48(46)41-18-9-11-20-45(41)51(47)37-15-4-3-5-16-37/h3-32H,1-2H3. The molecule has 1 aliphatic rings. The topological polar surface area (TPSA) is 8.17 Å². The summed E-state index contributed by atoms with van der Waals surface area (Å²) in [7, 11) is 0. The molecule has 0 saturated carbocycles. The van der Waals surface area contributed by atoms with Crippen molar-refractivity contribution in [3.8, 4) is 27.9 Å². The zero-order chi connectivity index (χ0) is 34.1. The first-order valence-corrected chi connectivity index (χ1v) is 17.8. The number of fused-ring (bicyclic) bond motifs is 7. The number of hydrogen-bond donors (Lipinski definition) is 0. The van der Waals surface area contributed by atoms with E-state index in [0.717, 1.165) is 22.7 Å². The second-order valence-corrected chi connectivity index (χ2v) is 14.2. The van der Waals surface area contributed by atoms with E-state index in [1.807, 2.05) is 0 Å². The quantitative estimate of drug-likeness (QED) is 0.180. The van der Waals surface area contributed by atoms with Crippen molar-refractivity contribution >= 4 is 49.6 Å². The highest BCUT2D eigenvalue weighted by atomic mass is 15.1. The van der Waals surface area contributed by atoms with E-state index in [-0.39, 0.29) is 5.41 Å². The highest BCUT2D eigenvalue weighted by molar-refractivity contribution is 6.16. The van der Waals surface area contributed by atoms with Crippen LogP contribution in [0.15, 0.2) is 182 Å². The third kappa shape index (κ3) is 4.57. The van der Waals surface area contributed by atoms with Crippen LogP contribution >= 0.6 is 0 Å². The van der Waals surface area contributed by atoms with Crippen LogP contribution in [-0.4, -0.2) is 4.57 Å². The summed E-state index contributed by atoms with van der Waals surface area (Å²) in [4.78, 5) is 2.43. The molecule has 0 aliphatic heterocycles. The molecule has 0 radical (unpaired) electrons. The van der Waals surface area contributed by atoms with Crippen LogP contribution in [0.3, 0.4) is 0 Å². The summed E-state index contributed by atoms with van der Waals surface area (Å²) in [5.74, 6) is 0. The number of anilines is 3. The van der Waals surface area contributed by atoms with Crippen LogP contribution in [0.25, 0.3) is 60.5 Å². The van der Waals surface area contributed by atoms with Crippen LogP contribution in [0.5, 0.6) is 0 Å². The molecular formula is C49H36N2. The number of aromatic nitrogens is 1. The molecule has 1 aromatic heterocycles. The Kier molecular flexibility index (Phi) is 6.56. The van der Waals surface area contributed by atoms with E-state index in [1.54, 1.807) is 0 Å². The molecule has 0 saturated heterocycles. The summed E-state index contributed by atoms with van der Waals surface area (Å²) in [6.45, 7) is 4.68. The van der Waals surface area contributed by atoms with Gasteiger partial charge in [-0.1, -0.05) is 135 Å². The number of para-hydroxylation sites is 2. The van der Waals surface area contributed by atoms with Crippen LogP contribution in [0.4, 0.5) is 17.1 Å². The van der Waals surface area contributed by atoms with Gasteiger partial charge < -0.3 is 9.47 Å². The van der Waals surface area contributed by atoms with Gasteiger partial charge in [-0.2, -0.15) is 0 Å². The zero-order valence-corrected chi connectivity index (χ0v) is 28.7. The lowest BCUT2D eigenvalue weighted by atomic mass is 9.82. The second-order valence-electron chi connectivity index (χ2n) is 14.2. The number of benzene rings is 8. The molecule has 0 spiro atoms. The largest absolute Gasteiger partial charge is 0.310 e. The summed E-state index contributed by atoms with van der Waals surface area (Å²) >= 11 is 0. The summed E-state index contributed by atoms with van der Waals surface area (Å²) in [6.07, 6.45) is 0. The van der Waals surface area contributed by atoms with Gasteiger partial charge in [0, 0.05) is 33.2 Å². The number of hydrogen-bond acceptors (Lipinski definition) is 1. The van der Waals surface area contributed by atoms with Crippen LogP contribution < -0.4 is 4.90 Å². The van der Waals surface area contributed by atoms with Gasteiger partial charge in [0.25, 0.3) is 0 Å². The van der Waals surface area contributed by atoms with Crippen LogP contribution in [0.2, 0.25) is 0 Å². The van der Waals surface area contributed by atoms with Crippen molar-refractivity contribution in [2.24, 2.45) is 0 Å². The molecule has 2 heteroatoms. The fraction of sp³-hybridized carbons (Fsp3) is 0.0612. The third-order valence-electron chi connectivity index (χ3n) is 11.0. The van der Waals surface area contributed by atoms with Crippen molar-refractivity contribution in [1.29, 1.82) is 0 Å². The molecule has 0 N–H and O–H groups in total. The highest BCUT2D eigenvalue weighted by Gasteiger charge is 2.35. The maximum absolute atomic E-state index is 2.43.